The van der Waals surface area contributed by atoms with Crippen LogP contribution in [0.15, 0.2) is 47.4 Å². The summed E-state index contributed by atoms with van der Waals surface area (Å²) in [6, 6.07) is 10.6. The number of anilines is 1. The van der Waals surface area contributed by atoms with E-state index in [0.717, 1.165) is 5.56 Å². The number of hydrogen-bond acceptors (Lipinski definition) is 4. The van der Waals surface area contributed by atoms with Gasteiger partial charge in [-0.3, -0.25) is 4.72 Å². The van der Waals surface area contributed by atoms with Crippen molar-refractivity contribution in [2.75, 3.05) is 4.72 Å². The van der Waals surface area contributed by atoms with Crippen molar-refractivity contribution in [3.05, 3.63) is 59.2 Å². The number of aromatic carboxylic acids is 1. The number of benzene rings is 2. The summed E-state index contributed by atoms with van der Waals surface area (Å²) < 4.78 is 27.1. The van der Waals surface area contributed by atoms with Gasteiger partial charge in [-0.25, -0.2) is 8.42 Å². The smallest absolute Gasteiger partial charge is 0.262 e. The van der Waals surface area contributed by atoms with Crippen LogP contribution in [0.3, 0.4) is 0 Å². The lowest BCUT2D eigenvalue weighted by molar-refractivity contribution is -0.255. The molecular formula is C15H14NO4S-. The zero-order valence-corrected chi connectivity index (χ0v) is 12.4. The van der Waals surface area contributed by atoms with E-state index in [1.807, 2.05) is 6.07 Å². The lowest BCUT2D eigenvalue weighted by Crippen LogP contribution is -2.22. The lowest BCUT2D eigenvalue weighted by Gasteiger charge is -2.12. The number of carbonyl (C=O) groups is 1. The second-order valence-corrected chi connectivity index (χ2v) is 6.39. The van der Waals surface area contributed by atoms with Gasteiger partial charge in [-0.1, -0.05) is 24.3 Å². The SMILES string of the molecule is Cc1ccc(C)c(S(=O)(=O)Nc2cccc(C(=O)[O-])c2)c1. The Morgan fingerprint density at radius 2 is 1.81 bits per heavy atom. The van der Waals surface area contributed by atoms with E-state index in [9.17, 15) is 18.3 Å². The van der Waals surface area contributed by atoms with Gasteiger partial charge in [0.15, 0.2) is 0 Å². The van der Waals surface area contributed by atoms with E-state index in [2.05, 4.69) is 4.72 Å². The molecule has 0 heterocycles. The van der Waals surface area contributed by atoms with E-state index in [0.29, 0.717) is 5.56 Å². The molecule has 0 saturated heterocycles. The number of carboxylic acid groups (broad SMARTS) is 1. The molecule has 0 bridgehead atoms. The van der Waals surface area contributed by atoms with Crippen LogP contribution in [0.1, 0.15) is 21.5 Å². The molecule has 0 unspecified atom stereocenters. The first kappa shape index (κ1) is 15.1. The summed E-state index contributed by atoms with van der Waals surface area (Å²) in [5.74, 6) is -1.36. The van der Waals surface area contributed by atoms with Crippen molar-refractivity contribution in [3.8, 4) is 0 Å². The molecule has 21 heavy (non-hydrogen) atoms. The normalized spacial score (nSPS) is 11.1. The van der Waals surface area contributed by atoms with Gasteiger partial charge in [0, 0.05) is 5.69 Å². The van der Waals surface area contributed by atoms with Gasteiger partial charge in [-0.2, -0.15) is 0 Å². The quantitative estimate of drug-likeness (QED) is 0.926. The number of hydrogen-bond donors (Lipinski definition) is 1. The van der Waals surface area contributed by atoms with Crippen molar-refractivity contribution in [2.24, 2.45) is 0 Å². The molecule has 0 atom stereocenters. The lowest BCUT2D eigenvalue weighted by atomic mass is 10.2. The molecule has 0 aromatic heterocycles. The monoisotopic (exact) mass is 304 g/mol. The number of aryl methyl sites for hydroxylation is 2. The third kappa shape index (κ3) is 3.41. The molecular weight excluding hydrogens is 290 g/mol. The number of sulfonamides is 1. The molecule has 0 fully saturated rings. The van der Waals surface area contributed by atoms with Crippen LogP contribution in [-0.4, -0.2) is 14.4 Å². The maximum atomic E-state index is 12.4. The van der Waals surface area contributed by atoms with E-state index in [4.69, 9.17) is 0 Å². The van der Waals surface area contributed by atoms with Crippen molar-refractivity contribution >= 4 is 21.7 Å². The fourth-order valence-electron chi connectivity index (χ4n) is 1.92. The Morgan fingerprint density at radius 1 is 1.10 bits per heavy atom. The fourth-order valence-corrected chi connectivity index (χ4v) is 3.30. The summed E-state index contributed by atoms with van der Waals surface area (Å²) in [5, 5.41) is 10.8. The molecule has 0 amide bonds. The van der Waals surface area contributed by atoms with Crippen LogP contribution >= 0.6 is 0 Å². The van der Waals surface area contributed by atoms with E-state index in [1.165, 1.54) is 24.3 Å². The van der Waals surface area contributed by atoms with Crippen LogP contribution in [0.4, 0.5) is 5.69 Å². The van der Waals surface area contributed by atoms with Crippen molar-refractivity contribution in [1.29, 1.82) is 0 Å². The molecule has 6 heteroatoms. The Hall–Kier alpha value is -2.34. The van der Waals surface area contributed by atoms with Crippen LogP contribution < -0.4 is 9.83 Å². The van der Waals surface area contributed by atoms with Crippen molar-refractivity contribution in [1.82, 2.24) is 0 Å². The highest BCUT2D eigenvalue weighted by molar-refractivity contribution is 7.92. The van der Waals surface area contributed by atoms with Gasteiger partial charge in [0.05, 0.1) is 10.9 Å². The molecule has 0 aliphatic carbocycles. The van der Waals surface area contributed by atoms with Crippen molar-refractivity contribution in [2.45, 2.75) is 18.7 Å². The Labute approximate surface area is 123 Å². The zero-order valence-electron chi connectivity index (χ0n) is 11.6. The van der Waals surface area contributed by atoms with Crippen molar-refractivity contribution < 1.29 is 18.3 Å². The Bertz CT molecular complexity index is 797. The molecule has 0 saturated carbocycles. The highest BCUT2D eigenvalue weighted by Crippen LogP contribution is 2.21. The Balaban J connectivity index is 2.40. The molecule has 0 aliphatic heterocycles. The number of nitrogens with one attached hydrogen (secondary N) is 1. The first-order chi connectivity index (χ1) is 9.79. The predicted octanol–water partition coefficient (Wildman–Crippen LogP) is 1.47. The first-order valence-corrected chi connectivity index (χ1v) is 7.69. The largest absolute Gasteiger partial charge is 0.545 e. The number of carbonyl (C=O) groups excluding carboxylic acids is 1. The van der Waals surface area contributed by atoms with Crippen LogP contribution in [0.2, 0.25) is 0 Å². The topological polar surface area (TPSA) is 86.3 Å². The van der Waals surface area contributed by atoms with Gasteiger partial charge in [0.25, 0.3) is 10.0 Å². The summed E-state index contributed by atoms with van der Waals surface area (Å²) in [6.45, 7) is 3.50. The first-order valence-electron chi connectivity index (χ1n) is 6.21. The maximum Gasteiger partial charge on any atom is 0.262 e. The zero-order chi connectivity index (χ0) is 15.6. The molecule has 0 aliphatic rings. The van der Waals surface area contributed by atoms with Gasteiger partial charge in [0.1, 0.15) is 0 Å². The molecule has 1 N–H and O–H groups in total. The standard InChI is InChI=1S/C15H15NO4S/c1-10-6-7-11(2)14(8-10)21(19,20)16-13-5-3-4-12(9-13)15(17)18/h3-9,16H,1-2H3,(H,17,18)/p-1. The predicted molar refractivity (Wildman–Crippen MR) is 77.5 cm³/mol. The third-order valence-corrected chi connectivity index (χ3v) is 4.51. The molecule has 110 valence electrons. The summed E-state index contributed by atoms with van der Waals surface area (Å²) in [7, 11) is -3.77. The highest BCUT2D eigenvalue weighted by atomic mass is 32.2. The minimum absolute atomic E-state index is 0.0869. The fraction of sp³-hybridized carbons (Fsp3) is 0.133. The van der Waals surface area contributed by atoms with Crippen LogP contribution in [0.5, 0.6) is 0 Å². The highest BCUT2D eigenvalue weighted by Gasteiger charge is 2.17. The van der Waals surface area contributed by atoms with Crippen LogP contribution in [-0.2, 0) is 10.0 Å². The van der Waals surface area contributed by atoms with Gasteiger partial charge >= 0.3 is 0 Å². The Morgan fingerprint density at radius 3 is 2.48 bits per heavy atom. The number of rotatable bonds is 4. The van der Waals surface area contributed by atoms with Gasteiger partial charge < -0.3 is 9.90 Å². The molecule has 2 aromatic carbocycles. The van der Waals surface area contributed by atoms with Gasteiger partial charge in [-0.05, 0) is 48.7 Å². The molecule has 0 spiro atoms. The van der Waals surface area contributed by atoms with Crippen LogP contribution in [0.25, 0.3) is 0 Å². The average Bonchev–Trinajstić information content (AvgIpc) is 2.41. The molecule has 0 radical (unpaired) electrons. The van der Waals surface area contributed by atoms with Crippen LogP contribution in [0, 0.1) is 13.8 Å². The second kappa shape index (κ2) is 5.57. The van der Waals surface area contributed by atoms with E-state index < -0.39 is 16.0 Å². The minimum Gasteiger partial charge on any atom is -0.545 e. The molecule has 2 aromatic rings. The number of carboxylic acids is 1. The third-order valence-electron chi connectivity index (χ3n) is 2.98. The molecule has 2 rings (SSSR count). The van der Waals surface area contributed by atoms with E-state index in [-0.39, 0.29) is 16.1 Å². The van der Waals surface area contributed by atoms with E-state index >= 15 is 0 Å². The van der Waals surface area contributed by atoms with Crippen molar-refractivity contribution in [3.63, 3.8) is 0 Å². The summed E-state index contributed by atoms with van der Waals surface area (Å²) >= 11 is 0. The van der Waals surface area contributed by atoms with Gasteiger partial charge in [0.2, 0.25) is 0 Å². The summed E-state index contributed by atoms with van der Waals surface area (Å²) in [5.41, 5.74) is 1.53. The maximum absolute atomic E-state index is 12.4. The summed E-state index contributed by atoms with van der Waals surface area (Å²) in [4.78, 5) is 11.0. The van der Waals surface area contributed by atoms with E-state index in [1.54, 1.807) is 26.0 Å². The molecule has 5 nitrogen and oxygen atoms in total. The minimum atomic E-state index is -3.77. The average molecular weight is 304 g/mol. The summed E-state index contributed by atoms with van der Waals surface area (Å²) in [6.07, 6.45) is 0. The second-order valence-electron chi connectivity index (χ2n) is 4.74. The van der Waals surface area contributed by atoms with Gasteiger partial charge in [-0.15, -0.1) is 0 Å². The Kier molecular flexibility index (Phi) is 3.99.